The van der Waals surface area contributed by atoms with Crippen molar-refractivity contribution in [3.8, 4) is 5.75 Å². The van der Waals surface area contributed by atoms with Crippen molar-refractivity contribution in [2.75, 3.05) is 11.9 Å². The zero-order valence-corrected chi connectivity index (χ0v) is 21.6. The number of aromatic hydroxyl groups is 1. The average molecular weight is 535 g/mol. The summed E-state index contributed by atoms with van der Waals surface area (Å²) in [6.07, 6.45) is 7.28. The summed E-state index contributed by atoms with van der Waals surface area (Å²) in [4.78, 5) is 27.4. The van der Waals surface area contributed by atoms with E-state index in [9.17, 15) is 14.7 Å². The second kappa shape index (κ2) is 10.3. The van der Waals surface area contributed by atoms with Crippen molar-refractivity contribution < 1.29 is 14.7 Å². The maximum atomic E-state index is 14.3. The molecule has 0 saturated heterocycles. The number of aromatic amines is 2. The third kappa shape index (κ3) is 5.04. The van der Waals surface area contributed by atoms with Gasteiger partial charge in [-0.2, -0.15) is 20.6 Å². The van der Waals surface area contributed by atoms with Gasteiger partial charge >= 0.3 is 0 Å². The highest BCUT2D eigenvalue weighted by Gasteiger charge is 2.62. The van der Waals surface area contributed by atoms with Gasteiger partial charge in [-0.15, -0.1) is 5.10 Å². The normalized spacial score (nSPS) is 28.6. The van der Waals surface area contributed by atoms with Crippen LogP contribution in [-0.4, -0.2) is 65.5 Å². The van der Waals surface area contributed by atoms with E-state index in [1.54, 1.807) is 18.3 Å². The molecule has 0 spiro atoms. The summed E-state index contributed by atoms with van der Waals surface area (Å²) < 4.78 is 0. The Morgan fingerprint density at radius 2 is 1.85 bits per heavy atom. The summed E-state index contributed by atoms with van der Waals surface area (Å²) in [6.45, 7) is 0.337. The van der Waals surface area contributed by atoms with Crippen LogP contribution in [0.15, 0.2) is 30.5 Å². The van der Waals surface area contributed by atoms with Crippen LogP contribution in [0.1, 0.15) is 43.4 Å². The van der Waals surface area contributed by atoms with E-state index >= 15 is 0 Å². The van der Waals surface area contributed by atoms with E-state index in [2.05, 4.69) is 46.7 Å². The first kappa shape index (κ1) is 25.3. The van der Waals surface area contributed by atoms with Crippen LogP contribution < -0.4 is 16.4 Å². The number of benzene rings is 1. The Morgan fingerprint density at radius 3 is 2.49 bits per heavy atom. The van der Waals surface area contributed by atoms with Crippen LogP contribution in [-0.2, 0) is 22.4 Å². The van der Waals surface area contributed by atoms with Gasteiger partial charge in [-0.1, -0.05) is 17.2 Å². The van der Waals surface area contributed by atoms with Crippen LogP contribution in [0.3, 0.4) is 0 Å². The summed E-state index contributed by atoms with van der Waals surface area (Å²) in [5.41, 5.74) is 7.14. The zero-order chi connectivity index (χ0) is 27.0. The molecule has 2 aromatic heterocycles. The van der Waals surface area contributed by atoms with Crippen molar-refractivity contribution in [1.82, 2.24) is 41.4 Å². The number of nitrogens with one attached hydrogen (secondary N) is 4. The van der Waals surface area contributed by atoms with Gasteiger partial charge in [0.15, 0.2) is 0 Å². The molecule has 13 nitrogen and oxygen atoms in total. The molecule has 4 bridgehead atoms. The highest BCUT2D eigenvalue weighted by molar-refractivity contribution is 5.85. The fourth-order valence-electron chi connectivity index (χ4n) is 7.94. The van der Waals surface area contributed by atoms with E-state index in [1.165, 1.54) is 0 Å². The fourth-order valence-corrected chi connectivity index (χ4v) is 7.94. The smallest absolute Gasteiger partial charge is 0.263 e. The largest absolute Gasteiger partial charge is 0.508 e. The number of phenolic OH excluding ortho intramolecular Hbond substituents is 1. The number of anilines is 1. The standard InChI is InChI=1S/C26H34N10O3/c27-24(39)26-10-15-5-16(11-26)7-17(6-15)22(26)21(8-14-1-3-20(37)4-2-14)23(38)30-18(9-19-13-29-34-31-19)12-28-25-32-35-36-33-25/h1-4,13,15-18,21-22,37H,5-12H2,(H2,27,39)(H,30,38)(H,29,31,34)(H2,28,32,33,35,36)/t15?,16?,17?,18-,21-,22?,26?/m0/s1. The minimum absolute atomic E-state index is 0.121. The highest BCUT2D eigenvalue weighted by atomic mass is 16.3. The third-order valence-corrected chi connectivity index (χ3v) is 9.16. The predicted molar refractivity (Wildman–Crippen MR) is 139 cm³/mol. The lowest BCUT2D eigenvalue weighted by Gasteiger charge is -2.61. The van der Waals surface area contributed by atoms with Gasteiger partial charge in [-0.25, -0.2) is 0 Å². The number of aromatic nitrogens is 7. The Bertz CT molecular complexity index is 1270. The molecule has 2 amide bonds. The maximum Gasteiger partial charge on any atom is 0.263 e. The van der Waals surface area contributed by atoms with Gasteiger partial charge in [-0.3, -0.25) is 9.59 Å². The SMILES string of the molecule is NC(=O)C12CC3CC(CC(C3)C1[C@H](Cc1ccc(O)cc1)C(=O)N[C@H](CNc1nn[nH]n1)Cc1cn[nH]n1)C2. The maximum absolute atomic E-state index is 14.3. The zero-order valence-electron chi connectivity index (χ0n) is 21.6. The van der Waals surface area contributed by atoms with Gasteiger partial charge in [0, 0.05) is 18.9 Å². The average Bonchev–Trinajstić information content (AvgIpc) is 3.61. The lowest BCUT2D eigenvalue weighted by atomic mass is 9.42. The Morgan fingerprint density at radius 1 is 1.08 bits per heavy atom. The molecular weight excluding hydrogens is 500 g/mol. The molecular formula is C26H34N10O3. The highest BCUT2D eigenvalue weighted by Crippen LogP contribution is 2.64. The fraction of sp³-hybridized carbons (Fsp3) is 0.577. The molecule has 39 heavy (non-hydrogen) atoms. The molecule has 4 saturated carbocycles. The summed E-state index contributed by atoms with van der Waals surface area (Å²) in [7, 11) is 0. The van der Waals surface area contributed by atoms with E-state index in [1.807, 2.05) is 12.1 Å². The number of H-pyrrole nitrogens is 2. The van der Waals surface area contributed by atoms with Crippen LogP contribution in [0.5, 0.6) is 5.75 Å². The van der Waals surface area contributed by atoms with Crippen LogP contribution in [0.4, 0.5) is 5.95 Å². The Kier molecular flexibility index (Phi) is 6.65. The number of nitrogens with two attached hydrogens (primary N) is 1. The number of primary amides is 1. The molecule has 2 heterocycles. The predicted octanol–water partition coefficient (Wildman–Crippen LogP) is 0.950. The van der Waals surface area contributed by atoms with Crippen molar-refractivity contribution in [2.45, 2.75) is 51.0 Å². The number of tetrazole rings is 1. The Labute approximate surface area is 225 Å². The number of hydrogen-bond donors (Lipinski definition) is 6. The molecule has 0 aliphatic heterocycles. The molecule has 206 valence electrons. The van der Waals surface area contributed by atoms with Crippen LogP contribution in [0.2, 0.25) is 0 Å². The molecule has 13 heteroatoms. The van der Waals surface area contributed by atoms with Gasteiger partial charge in [0.1, 0.15) is 5.75 Å². The number of hydrogen-bond acceptors (Lipinski definition) is 9. The van der Waals surface area contributed by atoms with Gasteiger partial charge < -0.3 is 21.5 Å². The summed E-state index contributed by atoms with van der Waals surface area (Å²) in [6, 6.07) is 6.59. The van der Waals surface area contributed by atoms with E-state index in [0.717, 1.165) is 37.7 Å². The van der Waals surface area contributed by atoms with Crippen LogP contribution >= 0.6 is 0 Å². The Balaban J connectivity index is 1.30. The molecule has 7 N–H and O–H groups in total. The molecule has 4 aliphatic carbocycles. The van der Waals surface area contributed by atoms with Gasteiger partial charge in [0.25, 0.3) is 5.95 Å². The lowest BCUT2D eigenvalue weighted by molar-refractivity contribution is -0.167. The molecule has 5 atom stereocenters. The summed E-state index contributed by atoms with van der Waals surface area (Å²) in [5.74, 6) is 0.782. The van der Waals surface area contributed by atoms with E-state index in [4.69, 9.17) is 5.73 Å². The van der Waals surface area contributed by atoms with Crippen molar-refractivity contribution in [2.24, 2.45) is 40.7 Å². The quantitative estimate of drug-likeness (QED) is 0.207. The molecule has 4 fully saturated rings. The van der Waals surface area contributed by atoms with Crippen molar-refractivity contribution >= 4 is 17.8 Å². The number of nitrogens with zero attached hydrogens (tertiary/aromatic N) is 5. The van der Waals surface area contributed by atoms with E-state index in [0.29, 0.717) is 42.9 Å². The van der Waals surface area contributed by atoms with Gasteiger partial charge in [0.2, 0.25) is 11.8 Å². The number of amides is 2. The first-order valence-corrected chi connectivity index (χ1v) is 13.6. The molecule has 7 rings (SSSR count). The lowest BCUT2D eigenvalue weighted by Crippen LogP contribution is -2.62. The number of phenols is 1. The Hall–Kier alpha value is -4.03. The second-order valence-corrected chi connectivity index (χ2v) is 11.6. The van der Waals surface area contributed by atoms with Crippen molar-refractivity contribution in [3.63, 3.8) is 0 Å². The topological polar surface area (TPSA) is 200 Å². The van der Waals surface area contributed by atoms with Crippen LogP contribution in [0, 0.1) is 35.0 Å². The number of carbonyl (C=O) groups is 2. The van der Waals surface area contributed by atoms with Gasteiger partial charge in [-0.05, 0) is 85.1 Å². The second-order valence-electron chi connectivity index (χ2n) is 11.6. The van der Waals surface area contributed by atoms with Gasteiger partial charge in [0.05, 0.1) is 23.3 Å². The monoisotopic (exact) mass is 534 g/mol. The minimum atomic E-state index is -0.668. The van der Waals surface area contributed by atoms with E-state index < -0.39 is 11.3 Å². The first-order chi connectivity index (χ1) is 18.9. The molecule has 3 aromatic rings. The molecule has 3 unspecified atom stereocenters. The number of rotatable bonds is 11. The first-order valence-electron chi connectivity index (χ1n) is 13.6. The molecule has 4 aliphatic rings. The third-order valence-electron chi connectivity index (χ3n) is 9.16. The van der Waals surface area contributed by atoms with Crippen molar-refractivity contribution in [1.29, 1.82) is 0 Å². The molecule has 0 radical (unpaired) electrons. The number of carbonyl (C=O) groups excluding carboxylic acids is 2. The molecule has 1 aromatic carbocycles. The van der Waals surface area contributed by atoms with E-state index in [-0.39, 0.29) is 35.4 Å². The summed E-state index contributed by atoms with van der Waals surface area (Å²) in [5, 5.41) is 40.7. The summed E-state index contributed by atoms with van der Waals surface area (Å²) >= 11 is 0. The van der Waals surface area contributed by atoms with Crippen LogP contribution in [0.25, 0.3) is 0 Å². The van der Waals surface area contributed by atoms with Crippen molar-refractivity contribution in [3.05, 3.63) is 41.7 Å². The minimum Gasteiger partial charge on any atom is -0.508 e.